The molecule has 0 spiro atoms. The van der Waals surface area contributed by atoms with E-state index in [1.165, 1.54) is 28.4 Å². The van der Waals surface area contributed by atoms with Crippen molar-refractivity contribution >= 4 is 21.9 Å². The van der Waals surface area contributed by atoms with Gasteiger partial charge < -0.3 is 15.3 Å². The van der Waals surface area contributed by atoms with Gasteiger partial charge in [0.05, 0.1) is 5.92 Å². The Morgan fingerprint density at radius 3 is 2.68 bits per heavy atom. The normalized spacial score (nSPS) is 27.2. The number of benzene rings is 1. The lowest BCUT2D eigenvalue weighted by Gasteiger charge is -2.30. The van der Waals surface area contributed by atoms with E-state index in [4.69, 9.17) is 5.11 Å². The highest BCUT2D eigenvalue weighted by molar-refractivity contribution is 9.10. The fourth-order valence-electron chi connectivity index (χ4n) is 3.59. The predicted molar refractivity (Wildman–Crippen MR) is 90.1 cm³/mol. The van der Waals surface area contributed by atoms with Gasteiger partial charge >= 0.3 is 5.97 Å². The molecule has 0 saturated carbocycles. The smallest absolute Gasteiger partial charge is 0.307 e. The van der Waals surface area contributed by atoms with Gasteiger partial charge in [-0.15, -0.1) is 0 Å². The number of halogens is 1. The summed E-state index contributed by atoms with van der Waals surface area (Å²) < 4.78 is 1.17. The van der Waals surface area contributed by atoms with Crippen LogP contribution in [-0.2, 0) is 4.79 Å². The van der Waals surface area contributed by atoms with Crippen molar-refractivity contribution in [3.63, 3.8) is 0 Å². The van der Waals surface area contributed by atoms with Crippen molar-refractivity contribution in [2.45, 2.75) is 31.2 Å². The molecule has 120 valence electrons. The molecule has 2 fully saturated rings. The summed E-state index contributed by atoms with van der Waals surface area (Å²) in [5, 5.41) is 12.4. The molecule has 0 aliphatic carbocycles. The van der Waals surface area contributed by atoms with Crippen LogP contribution >= 0.6 is 15.9 Å². The van der Waals surface area contributed by atoms with Crippen LogP contribution in [0.2, 0.25) is 0 Å². The molecule has 2 N–H and O–H groups in total. The third-order valence-corrected chi connectivity index (χ3v) is 5.75. The average molecular weight is 367 g/mol. The number of hydrogen-bond acceptors (Lipinski definition) is 3. The quantitative estimate of drug-likeness (QED) is 0.863. The Balaban J connectivity index is 1.71. The van der Waals surface area contributed by atoms with Crippen LogP contribution in [0.3, 0.4) is 0 Å². The maximum absolute atomic E-state index is 11.1. The van der Waals surface area contributed by atoms with E-state index in [1.807, 2.05) is 0 Å². The highest BCUT2D eigenvalue weighted by atomic mass is 79.9. The SMILES string of the molecule is CN1CCC(c2ccc(C3CC(C(=O)O)CN3)cc2Br)CC1. The second-order valence-corrected chi connectivity index (χ2v) is 7.44. The van der Waals surface area contributed by atoms with Gasteiger partial charge in [0.1, 0.15) is 0 Å². The molecular formula is C17H23BrN2O2. The fraction of sp³-hybridized carbons (Fsp3) is 0.588. The number of nitrogens with one attached hydrogen (secondary N) is 1. The first kappa shape index (κ1) is 16.0. The van der Waals surface area contributed by atoms with Crippen molar-refractivity contribution in [1.29, 1.82) is 0 Å². The van der Waals surface area contributed by atoms with Gasteiger partial charge in [0.2, 0.25) is 0 Å². The molecule has 2 atom stereocenters. The number of carboxylic acids is 1. The molecule has 3 rings (SSSR count). The third-order valence-electron chi connectivity index (χ3n) is 5.07. The molecule has 2 aliphatic rings. The number of nitrogens with zero attached hydrogens (tertiary/aromatic N) is 1. The standard InChI is InChI=1S/C17H23BrN2O2/c1-20-6-4-11(5-7-20)14-3-2-12(8-15(14)18)16-9-13(10-19-16)17(21)22/h2-3,8,11,13,16,19H,4-7,9-10H2,1H3,(H,21,22). The number of carboxylic acid groups (broad SMARTS) is 1. The lowest BCUT2D eigenvalue weighted by atomic mass is 9.88. The molecule has 1 aromatic carbocycles. The minimum absolute atomic E-state index is 0.156. The first-order valence-electron chi connectivity index (χ1n) is 7.98. The molecule has 4 nitrogen and oxygen atoms in total. The molecule has 2 aliphatic heterocycles. The molecule has 22 heavy (non-hydrogen) atoms. The first-order valence-corrected chi connectivity index (χ1v) is 8.78. The number of likely N-dealkylation sites (tertiary alicyclic amines) is 1. The van der Waals surface area contributed by atoms with Crippen molar-refractivity contribution in [1.82, 2.24) is 10.2 Å². The number of rotatable bonds is 3. The summed E-state index contributed by atoms with van der Waals surface area (Å²) in [5.74, 6) is -0.336. The molecule has 0 radical (unpaired) electrons. The highest BCUT2D eigenvalue weighted by Gasteiger charge is 2.30. The maximum Gasteiger partial charge on any atom is 0.307 e. The second kappa shape index (κ2) is 6.69. The summed E-state index contributed by atoms with van der Waals surface area (Å²) in [7, 11) is 2.18. The Bertz CT molecular complexity index is 556. The van der Waals surface area contributed by atoms with Crippen molar-refractivity contribution in [2.75, 3.05) is 26.7 Å². The van der Waals surface area contributed by atoms with Crippen LogP contribution < -0.4 is 5.32 Å². The van der Waals surface area contributed by atoms with Crippen LogP contribution in [0.1, 0.15) is 42.3 Å². The summed E-state index contributed by atoms with van der Waals surface area (Å²) in [6.45, 7) is 2.88. The average Bonchev–Trinajstić information content (AvgIpc) is 2.98. The maximum atomic E-state index is 11.1. The van der Waals surface area contributed by atoms with Crippen LogP contribution in [0.5, 0.6) is 0 Å². The van der Waals surface area contributed by atoms with Gasteiger partial charge in [-0.05, 0) is 62.5 Å². The zero-order chi connectivity index (χ0) is 15.7. The Hall–Kier alpha value is -0.910. The van der Waals surface area contributed by atoms with E-state index < -0.39 is 5.97 Å². The van der Waals surface area contributed by atoms with E-state index >= 15 is 0 Å². The number of hydrogen-bond donors (Lipinski definition) is 2. The van der Waals surface area contributed by atoms with E-state index in [0.29, 0.717) is 18.9 Å². The molecule has 2 heterocycles. The van der Waals surface area contributed by atoms with Gasteiger partial charge in [-0.25, -0.2) is 0 Å². The lowest BCUT2D eigenvalue weighted by molar-refractivity contribution is -0.141. The van der Waals surface area contributed by atoms with Crippen LogP contribution in [0.4, 0.5) is 0 Å². The highest BCUT2D eigenvalue weighted by Crippen LogP contribution is 2.36. The van der Waals surface area contributed by atoms with E-state index in [1.54, 1.807) is 0 Å². The first-order chi connectivity index (χ1) is 10.5. The predicted octanol–water partition coefficient (Wildman–Crippen LogP) is 2.99. The van der Waals surface area contributed by atoms with Gasteiger partial charge in [-0.3, -0.25) is 4.79 Å². The number of piperidine rings is 1. The van der Waals surface area contributed by atoms with Crippen LogP contribution in [0, 0.1) is 5.92 Å². The lowest BCUT2D eigenvalue weighted by Crippen LogP contribution is -2.29. The zero-order valence-corrected chi connectivity index (χ0v) is 14.5. The zero-order valence-electron chi connectivity index (χ0n) is 12.9. The topological polar surface area (TPSA) is 52.6 Å². The third kappa shape index (κ3) is 3.36. The second-order valence-electron chi connectivity index (χ2n) is 6.59. The van der Waals surface area contributed by atoms with Gasteiger partial charge in [0, 0.05) is 17.1 Å². The minimum atomic E-state index is -0.697. The van der Waals surface area contributed by atoms with Crippen molar-refractivity contribution in [2.24, 2.45) is 5.92 Å². The number of aliphatic carboxylic acids is 1. The summed E-state index contributed by atoms with van der Waals surface area (Å²) in [6, 6.07) is 6.73. The van der Waals surface area contributed by atoms with Gasteiger partial charge in [0.25, 0.3) is 0 Å². The van der Waals surface area contributed by atoms with Crippen LogP contribution in [0.25, 0.3) is 0 Å². The molecule has 0 aromatic heterocycles. The largest absolute Gasteiger partial charge is 0.481 e. The van der Waals surface area contributed by atoms with Gasteiger partial charge in [-0.2, -0.15) is 0 Å². The van der Waals surface area contributed by atoms with Crippen LogP contribution in [-0.4, -0.2) is 42.7 Å². The van der Waals surface area contributed by atoms with Crippen LogP contribution in [0.15, 0.2) is 22.7 Å². The summed E-state index contributed by atoms with van der Waals surface area (Å²) in [4.78, 5) is 13.5. The van der Waals surface area contributed by atoms with E-state index in [-0.39, 0.29) is 12.0 Å². The Morgan fingerprint density at radius 2 is 2.09 bits per heavy atom. The molecule has 0 bridgehead atoms. The Morgan fingerprint density at radius 1 is 1.36 bits per heavy atom. The summed E-state index contributed by atoms with van der Waals surface area (Å²) >= 11 is 3.73. The minimum Gasteiger partial charge on any atom is -0.481 e. The van der Waals surface area contributed by atoms with E-state index in [0.717, 1.165) is 13.1 Å². The molecular weight excluding hydrogens is 344 g/mol. The fourth-order valence-corrected chi connectivity index (χ4v) is 4.31. The monoisotopic (exact) mass is 366 g/mol. The summed E-state index contributed by atoms with van der Waals surface area (Å²) in [5.41, 5.74) is 2.58. The van der Waals surface area contributed by atoms with Crippen molar-refractivity contribution < 1.29 is 9.90 Å². The van der Waals surface area contributed by atoms with Crippen molar-refractivity contribution in [3.05, 3.63) is 33.8 Å². The van der Waals surface area contributed by atoms with Gasteiger partial charge in [-0.1, -0.05) is 28.1 Å². The Kier molecular flexibility index (Phi) is 4.85. The van der Waals surface area contributed by atoms with E-state index in [9.17, 15) is 4.79 Å². The van der Waals surface area contributed by atoms with Gasteiger partial charge in [0.15, 0.2) is 0 Å². The van der Waals surface area contributed by atoms with Crippen molar-refractivity contribution in [3.8, 4) is 0 Å². The molecule has 5 heteroatoms. The molecule has 1 aromatic rings. The molecule has 2 saturated heterocycles. The molecule has 2 unspecified atom stereocenters. The molecule has 0 amide bonds. The Labute approximate surface area is 140 Å². The van der Waals surface area contributed by atoms with E-state index in [2.05, 4.69) is 51.4 Å². The summed E-state index contributed by atoms with van der Waals surface area (Å²) in [6.07, 6.45) is 3.09. The number of carbonyl (C=O) groups is 1.